The van der Waals surface area contributed by atoms with Crippen molar-refractivity contribution in [2.45, 2.75) is 0 Å². The van der Waals surface area contributed by atoms with E-state index in [-0.39, 0.29) is 0 Å². The predicted octanol–water partition coefficient (Wildman–Crippen LogP) is 11.0. The summed E-state index contributed by atoms with van der Waals surface area (Å²) in [5, 5.41) is 10.3. The summed E-state index contributed by atoms with van der Waals surface area (Å²) in [6.07, 6.45) is 0. The van der Waals surface area contributed by atoms with Crippen molar-refractivity contribution in [1.29, 1.82) is 0 Å². The first-order valence-electron chi connectivity index (χ1n) is 13.0. The summed E-state index contributed by atoms with van der Waals surface area (Å²) in [5.74, 6) is 0. The number of benzene rings is 7. The number of para-hydroxylation sites is 1. The molecule has 1 aromatic heterocycles. The van der Waals surface area contributed by atoms with Gasteiger partial charge in [0.2, 0.25) is 0 Å². The van der Waals surface area contributed by atoms with Crippen LogP contribution < -0.4 is 4.90 Å². The van der Waals surface area contributed by atoms with Gasteiger partial charge in [-0.1, -0.05) is 109 Å². The third kappa shape index (κ3) is 3.17. The van der Waals surface area contributed by atoms with E-state index in [0.29, 0.717) is 0 Å². The van der Waals surface area contributed by atoms with Gasteiger partial charge in [-0.2, -0.15) is 0 Å². The molecule has 0 saturated carbocycles. The zero-order valence-corrected chi connectivity index (χ0v) is 21.5. The highest BCUT2D eigenvalue weighted by molar-refractivity contribution is 7.26. The molecule has 0 radical (unpaired) electrons. The first-order valence-corrected chi connectivity index (χ1v) is 13.8. The lowest BCUT2D eigenvalue weighted by molar-refractivity contribution is 1.32. The van der Waals surface area contributed by atoms with Gasteiger partial charge < -0.3 is 4.90 Å². The molecule has 0 bridgehead atoms. The molecular weight excluding hydrogens is 478 g/mol. The second-order valence-corrected chi connectivity index (χ2v) is 10.8. The molecule has 0 aliphatic carbocycles. The average Bonchev–Trinajstić information content (AvgIpc) is 3.38. The molecule has 2 heteroatoms. The fourth-order valence-corrected chi connectivity index (χ4v) is 7.18. The van der Waals surface area contributed by atoms with Crippen LogP contribution in [0, 0.1) is 0 Å². The number of fused-ring (bicyclic) bond motifs is 8. The fourth-order valence-electron chi connectivity index (χ4n) is 5.93. The van der Waals surface area contributed by atoms with Crippen LogP contribution >= 0.6 is 11.3 Å². The van der Waals surface area contributed by atoms with Gasteiger partial charge in [0.25, 0.3) is 0 Å². The number of rotatable bonds is 3. The third-order valence-electron chi connectivity index (χ3n) is 7.61. The normalized spacial score (nSPS) is 11.7. The first kappa shape index (κ1) is 21.4. The lowest BCUT2D eigenvalue weighted by Crippen LogP contribution is -2.11. The molecule has 8 aromatic rings. The number of thiophene rings is 1. The highest BCUT2D eigenvalue weighted by Crippen LogP contribution is 2.48. The molecule has 38 heavy (non-hydrogen) atoms. The van der Waals surface area contributed by atoms with E-state index < -0.39 is 0 Å². The molecule has 8 rings (SSSR count). The summed E-state index contributed by atoms with van der Waals surface area (Å²) in [7, 11) is 0. The zero-order chi connectivity index (χ0) is 25.1. The topological polar surface area (TPSA) is 3.24 Å². The monoisotopic (exact) mass is 501 g/mol. The molecular formula is C36H23NS. The van der Waals surface area contributed by atoms with E-state index in [1.165, 1.54) is 63.9 Å². The average molecular weight is 502 g/mol. The van der Waals surface area contributed by atoms with Crippen LogP contribution in [0.3, 0.4) is 0 Å². The first-order chi connectivity index (χ1) is 18.9. The number of hydrogen-bond donors (Lipinski definition) is 0. The van der Waals surface area contributed by atoms with Crippen LogP contribution in [0.1, 0.15) is 0 Å². The van der Waals surface area contributed by atoms with Gasteiger partial charge in [0.05, 0.1) is 11.4 Å². The van der Waals surface area contributed by atoms with Crippen LogP contribution in [0.2, 0.25) is 0 Å². The minimum absolute atomic E-state index is 1.15. The molecule has 0 N–H and O–H groups in total. The Morgan fingerprint density at radius 2 is 1.11 bits per heavy atom. The highest BCUT2D eigenvalue weighted by Gasteiger charge is 2.21. The lowest BCUT2D eigenvalue weighted by Gasteiger charge is -2.28. The molecule has 0 atom stereocenters. The highest BCUT2D eigenvalue weighted by atomic mass is 32.1. The van der Waals surface area contributed by atoms with Gasteiger partial charge >= 0.3 is 0 Å². The maximum atomic E-state index is 2.46. The number of anilines is 3. The smallest absolute Gasteiger partial charge is 0.0555 e. The molecule has 0 aliphatic rings. The summed E-state index contributed by atoms with van der Waals surface area (Å²) in [5.41, 5.74) is 3.55. The Morgan fingerprint density at radius 3 is 1.95 bits per heavy atom. The van der Waals surface area contributed by atoms with Crippen LogP contribution in [0.25, 0.3) is 52.5 Å². The van der Waals surface area contributed by atoms with Crippen molar-refractivity contribution in [3.8, 4) is 0 Å². The van der Waals surface area contributed by atoms with E-state index in [9.17, 15) is 0 Å². The van der Waals surface area contributed by atoms with Gasteiger partial charge in [-0.15, -0.1) is 11.3 Å². The minimum atomic E-state index is 1.15. The van der Waals surface area contributed by atoms with Gasteiger partial charge in [0, 0.05) is 31.2 Å². The molecule has 178 valence electrons. The van der Waals surface area contributed by atoms with Gasteiger partial charge in [0.15, 0.2) is 0 Å². The molecule has 0 unspecified atom stereocenters. The number of nitrogens with zero attached hydrogens (tertiary/aromatic N) is 1. The molecule has 0 saturated heterocycles. The predicted molar refractivity (Wildman–Crippen MR) is 167 cm³/mol. The van der Waals surface area contributed by atoms with Gasteiger partial charge in [-0.25, -0.2) is 0 Å². The van der Waals surface area contributed by atoms with Crippen molar-refractivity contribution in [3.63, 3.8) is 0 Å². The van der Waals surface area contributed by atoms with Crippen molar-refractivity contribution in [1.82, 2.24) is 0 Å². The molecule has 7 aromatic carbocycles. The van der Waals surface area contributed by atoms with Crippen molar-refractivity contribution in [2.75, 3.05) is 4.90 Å². The lowest BCUT2D eigenvalue weighted by atomic mass is 9.98. The molecule has 0 amide bonds. The Kier molecular flexibility index (Phi) is 4.76. The van der Waals surface area contributed by atoms with Crippen LogP contribution in [0.5, 0.6) is 0 Å². The van der Waals surface area contributed by atoms with E-state index in [1.54, 1.807) is 0 Å². The Labute approximate surface area is 224 Å². The van der Waals surface area contributed by atoms with Crippen molar-refractivity contribution >= 4 is 80.9 Å². The number of hydrogen-bond acceptors (Lipinski definition) is 2. The molecule has 1 nitrogen and oxygen atoms in total. The standard InChI is InChI=1S/C36H23NS/c1-2-13-26(14-3-1)37(33-23-25-12-5-6-15-27(25)29-17-8-9-18-30(29)33)32-19-10-20-34-35(32)31-22-21-24-11-4-7-16-28(24)36(31)38-34/h1-23H. The second-order valence-electron chi connectivity index (χ2n) is 9.75. The van der Waals surface area contributed by atoms with Gasteiger partial charge in [0.1, 0.15) is 0 Å². The maximum Gasteiger partial charge on any atom is 0.0555 e. The molecule has 1 heterocycles. The molecule has 0 fully saturated rings. The zero-order valence-electron chi connectivity index (χ0n) is 20.6. The maximum absolute atomic E-state index is 2.46. The SMILES string of the molecule is c1ccc(N(c2cc3ccccc3c3ccccc23)c2cccc3sc4c5ccccc5ccc4c23)cc1. The van der Waals surface area contributed by atoms with Crippen molar-refractivity contribution < 1.29 is 0 Å². The van der Waals surface area contributed by atoms with E-state index in [0.717, 1.165) is 5.69 Å². The second kappa shape index (κ2) is 8.44. The van der Waals surface area contributed by atoms with Crippen LogP contribution in [0.4, 0.5) is 17.1 Å². The summed E-state index contributed by atoms with van der Waals surface area (Å²) in [6.45, 7) is 0. The van der Waals surface area contributed by atoms with Crippen LogP contribution in [0.15, 0.2) is 140 Å². The van der Waals surface area contributed by atoms with E-state index in [4.69, 9.17) is 0 Å². The Hall–Kier alpha value is -4.66. The van der Waals surface area contributed by atoms with E-state index in [1.807, 2.05) is 11.3 Å². The summed E-state index contributed by atoms with van der Waals surface area (Å²) in [4.78, 5) is 2.46. The Bertz CT molecular complexity index is 2140. The third-order valence-corrected chi connectivity index (χ3v) is 8.81. The Morgan fingerprint density at radius 1 is 0.421 bits per heavy atom. The van der Waals surface area contributed by atoms with E-state index in [2.05, 4.69) is 144 Å². The van der Waals surface area contributed by atoms with E-state index >= 15 is 0 Å². The fraction of sp³-hybridized carbons (Fsp3) is 0. The molecule has 0 spiro atoms. The van der Waals surface area contributed by atoms with Gasteiger partial charge in [-0.3, -0.25) is 0 Å². The minimum Gasteiger partial charge on any atom is -0.309 e. The summed E-state index contributed by atoms with van der Waals surface area (Å²) >= 11 is 1.89. The quantitative estimate of drug-likeness (QED) is 0.218. The van der Waals surface area contributed by atoms with Gasteiger partial charge in [-0.05, 0) is 57.3 Å². The largest absolute Gasteiger partial charge is 0.309 e. The van der Waals surface area contributed by atoms with Crippen molar-refractivity contribution in [2.24, 2.45) is 0 Å². The summed E-state index contributed by atoms with van der Waals surface area (Å²) < 4.78 is 2.65. The molecule has 0 aliphatic heterocycles. The van der Waals surface area contributed by atoms with Crippen LogP contribution in [-0.2, 0) is 0 Å². The Balaban J connectivity index is 1.51. The van der Waals surface area contributed by atoms with Crippen LogP contribution in [-0.4, -0.2) is 0 Å². The van der Waals surface area contributed by atoms with Crippen molar-refractivity contribution in [3.05, 3.63) is 140 Å². The summed E-state index contributed by atoms with van der Waals surface area (Å²) in [6, 6.07) is 50.7.